The van der Waals surface area contributed by atoms with E-state index in [0.717, 1.165) is 31.6 Å². The first-order chi connectivity index (χ1) is 17.9. The molecule has 10 nitrogen and oxygen atoms in total. The van der Waals surface area contributed by atoms with Gasteiger partial charge in [-0.2, -0.15) is 8.42 Å². The van der Waals surface area contributed by atoms with Crippen LogP contribution in [0.3, 0.4) is 0 Å². The molecular weight excluding hydrogens is 535 g/mol. The number of anilines is 2. The van der Waals surface area contributed by atoms with Crippen LogP contribution in [0.5, 0.6) is 0 Å². The predicted molar refractivity (Wildman–Crippen MR) is 138 cm³/mol. The SMILES string of the molecule is CS(=O)(=O)Nc1ccc2c(c1)S(=O)(=O)N=C(C1=C(O)[C@@H]3C4CC[C@H](C4)[C@@H]3N(Cc3ccc(F)cc3)C1=O)N2. The van der Waals surface area contributed by atoms with E-state index in [2.05, 4.69) is 14.4 Å². The number of carbonyl (C=O) groups excluding carboxylic acids is 1. The first kappa shape index (κ1) is 24.9. The molecule has 4 atom stereocenters. The number of aliphatic hydroxyl groups is 1. The Morgan fingerprint density at radius 3 is 2.58 bits per heavy atom. The van der Waals surface area contributed by atoms with Crippen molar-refractivity contribution in [2.45, 2.75) is 36.7 Å². The van der Waals surface area contributed by atoms with Crippen LogP contribution in [0.4, 0.5) is 15.8 Å². The zero-order chi connectivity index (χ0) is 27.0. The predicted octanol–water partition coefficient (Wildman–Crippen LogP) is 2.98. The Hall–Kier alpha value is -3.45. The van der Waals surface area contributed by atoms with E-state index in [1.807, 2.05) is 0 Å². The van der Waals surface area contributed by atoms with Crippen LogP contribution in [-0.4, -0.2) is 50.9 Å². The smallest absolute Gasteiger partial charge is 0.286 e. The second-order valence-electron chi connectivity index (χ2n) is 10.3. The highest BCUT2D eigenvalue weighted by Gasteiger charge is 2.57. The van der Waals surface area contributed by atoms with E-state index >= 15 is 0 Å². The number of rotatable bonds is 5. The molecule has 2 bridgehead atoms. The van der Waals surface area contributed by atoms with Gasteiger partial charge in [0.05, 0.1) is 11.9 Å². The maximum absolute atomic E-state index is 13.9. The van der Waals surface area contributed by atoms with E-state index < -0.39 is 31.8 Å². The van der Waals surface area contributed by atoms with Crippen LogP contribution in [0.25, 0.3) is 0 Å². The van der Waals surface area contributed by atoms with E-state index in [-0.39, 0.29) is 63.8 Å². The van der Waals surface area contributed by atoms with E-state index in [1.165, 1.54) is 24.3 Å². The second kappa shape index (κ2) is 8.53. The highest BCUT2D eigenvalue weighted by atomic mass is 32.2. The number of sulfonamides is 2. The van der Waals surface area contributed by atoms with E-state index in [0.29, 0.717) is 5.56 Å². The van der Waals surface area contributed by atoms with Gasteiger partial charge < -0.3 is 15.3 Å². The lowest BCUT2D eigenvalue weighted by Crippen LogP contribution is -2.53. The molecule has 2 aliphatic carbocycles. The molecule has 6 rings (SSSR count). The van der Waals surface area contributed by atoms with Crippen molar-refractivity contribution in [3.63, 3.8) is 0 Å². The number of benzene rings is 2. The summed E-state index contributed by atoms with van der Waals surface area (Å²) in [5.41, 5.74) is 0.654. The lowest BCUT2D eigenvalue weighted by Gasteiger charge is -2.44. The molecule has 0 aromatic heterocycles. The van der Waals surface area contributed by atoms with Crippen molar-refractivity contribution < 1.29 is 31.1 Å². The van der Waals surface area contributed by atoms with E-state index in [9.17, 15) is 31.1 Å². The molecule has 200 valence electrons. The Morgan fingerprint density at radius 1 is 1.16 bits per heavy atom. The molecule has 13 heteroatoms. The molecule has 0 radical (unpaired) electrons. The highest BCUT2D eigenvalue weighted by molar-refractivity contribution is 7.92. The fraction of sp³-hybridized carbons (Fsp3) is 0.360. The molecule has 0 saturated heterocycles. The van der Waals surface area contributed by atoms with Crippen LogP contribution in [0.1, 0.15) is 24.8 Å². The van der Waals surface area contributed by atoms with Gasteiger partial charge in [-0.15, -0.1) is 4.40 Å². The first-order valence-corrected chi connectivity index (χ1v) is 15.5. The molecule has 2 saturated carbocycles. The number of nitrogens with one attached hydrogen (secondary N) is 2. The minimum Gasteiger partial charge on any atom is -0.511 e. The Morgan fingerprint density at radius 2 is 1.87 bits per heavy atom. The Kier molecular flexibility index (Phi) is 5.58. The average Bonchev–Trinajstić information content (AvgIpc) is 3.45. The maximum Gasteiger partial charge on any atom is 0.286 e. The number of fused-ring (bicyclic) bond motifs is 6. The van der Waals surface area contributed by atoms with Crippen molar-refractivity contribution in [2.24, 2.45) is 22.2 Å². The van der Waals surface area contributed by atoms with Gasteiger partial charge in [0, 0.05) is 24.2 Å². The molecule has 2 aromatic carbocycles. The van der Waals surface area contributed by atoms with E-state index in [1.54, 1.807) is 17.0 Å². The van der Waals surface area contributed by atoms with Gasteiger partial charge in [-0.3, -0.25) is 9.52 Å². The van der Waals surface area contributed by atoms with Gasteiger partial charge in [0.2, 0.25) is 10.0 Å². The first-order valence-electron chi connectivity index (χ1n) is 12.1. The average molecular weight is 561 g/mol. The van der Waals surface area contributed by atoms with Crippen LogP contribution < -0.4 is 10.0 Å². The van der Waals surface area contributed by atoms with Crippen molar-refractivity contribution in [1.29, 1.82) is 0 Å². The third-order valence-corrected chi connectivity index (χ3v) is 9.73. The van der Waals surface area contributed by atoms with Crippen LogP contribution in [0.2, 0.25) is 0 Å². The van der Waals surface area contributed by atoms with Crippen LogP contribution >= 0.6 is 0 Å². The topological polar surface area (TPSA) is 145 Å². The molecule has 0 spiro atoms. The third-order valence-electron chi connectivity index (χ3n) is 7.81. The van der Waals surface area contributed by atoms with Gasteiger partial charge in [-0.05, 0) is 67.0 Å². The highest BCUT2D eigenvalue weighted by Crippen LogP contribution is 2.55. The van der Waals surface area contributed by atoms with Crippen molar-refractivity contribution in [2.75, 3.05) is 16.3 Å². The lowest BCUT2D eigenvalue weighted by molar-refractivity contribution is -0.134. The van der Waals surface area contributed by atoms with Crippen LogP contribution in [-0.2, 0) is 31.4 Å². The summed E-state index contributed by atoms with van der Waals surface area (Å²) in [4.78, 5) is 15.3. The Labute approximate surface area is 219 Å². The number of amides is 1. The van der Waals surface area contributed by atoms with Gasteiger partial charge in [0.15, 0.2) is 5.84 Å². The molecule has 2 aliphatic heterocycles. The summed E-state index contributed by atoms with van der Waals surface area (Å²) < 4.78 is 69.0. The number of nitrogens with zero attached hydrogens (tertiary/aromatic N) is 2. The maximum atomic E-state index is 13.9. The molecule has 38 heavy (non-hydrogen) atoms. The largest absolute Gasteiger partial charge is 0.511 e. The van der Waals surface area contributed by atoms with Crippen LogP contribution in [0.15, 0.2) is 63.1 Å². The monoisotopic (exact) mass is 560 g/mol. The molecule has 2 heterocycles. The number of halogens is 1. The van der Waals surface area contributed by atoms with Gasteiger partial charge in [0.1, 0.15) is 22.0 Å². The summed E-state index contributed by atoms with van der Waals surface area (Å²) in [6.07, 6.45) is 3.64. The van der Waals surface area contributed by atoms with Crippen molar-refractivity contribution >= 4 is 43.2 Å². The zero-order valence-electron chi connectivity index (χ0n) is 20.3. The van der Waals surface area contributed by atoms with Gasteiger partial charge in [-0.1, -0.05) is 12.1 Å². The summed E-state index contributed by atoms with van der Waals surface area (Å²) in [5, 5.41) is 14.3. The quantitative estimate of drug-likeness (QED) is 0.510. The summed E-state index contributed by atoms with van der Waals surface area (Å²) >= 11 is 0. The molecular formula is C25H25FN4O6S2. The molecule has 1 unspecified atom stereocenters. The van der Waals surface area contributed by atoms with Gasteiger partial charge >= 0.3 is 0 Å². The third kappa shape index (κ3) is 4.13. The number of aliphatic hydroxyl groups excluding tert-OH is 1. The number of amidine groups is 1. The molecule has 2 aromatic rings. The van der Waals surface area contributed by atoms with Crippen molar-refractivity contribution in [1.82, 2.24) is 4.90 Å². The van der Waals surface area contributed by atoms with E-state index in [4.69, 9.17) is 0 Å². The lowest BCUT2D eigenvalue weighted by atomic mass is 9.77. The minimum atomic E-state index is -4.35. The number of carbonyl (C=O) groups is 1. The summed E-state index contributed by atoms with van der Waals surface area (Å²) in [6, 6.07) is 9.49. The fourth-order valence-electron chi connectivity index (χ4n) is 6.38. The van der Waals surface area contributed by atoms with Crippen molar-refractivity contribution in [3.05, 3.63) is 65.2 Å². The Balaban J connectivity index is 1.41. The number of hydrogen-bond acceptors (Lipinski definition) is 7. The fourth-order valence-corrected chi connectivity index (χ4v) is 8.08. The van der Waals surface area contributed by atoms with Crippen LogP contribution in [0, 0.1) is 23.6 Å². The van der Waals surface area contributed by atoms with Gasteiger partial charge in [-0.25, -0.2) is 12.8 Å². The molecule has 4 aliphatic rings. The summed E-state index contributed by atoms with van der Waals surface area (Å²) in [6.45, 7) is 0.178. The zero-order valence-corrected chi connectivity index (χ0v) is 21.9. The molecule has 1 amide bonds. The van der Waals surface area contributed by atoms with Gasteiger partial charge in [0.25, 0.3) is 15.9 Å². The Bertz CT molecular complexity index is 1640. The van der Waals surface area contributed by atoms with Crippen molar-refractivity contribution in [3.8, 4) is 0 Å². The standard InChI is InChI=1S/C25H25FN4O6S2/c1-37(33,34)28-17-8-9-18-19(11-17)38(35,36)29-24(27-18)21-23(31)20-14-4-5-15(10-14)22(20)30(25(21)32)12-13-2-6-16(26)7-3-13/h2-3,6-9,11,14-15,20,22,28,31H,4-5,10,12H2,1H3,(H,27,29)/t14?,15-,20-,22+/m1/s1. The summed E-state index contributed by atoms with van der Waals surface area (Å²) in [7, 11) is -7.99. The summed E-state index contributed by atoms with van der Waals surface area (Å²) in [5.74, 6) is -1.38. The molecule has 3 N–H and O–H groups in total. The minimum absolute atomic E-state index is 0.0429. The normalized spacial score (nSPS) is 27.5. The number of hydrogen-bond donors (Lipinski definition) is 3. The molecule has 2 fully saturated rings. The second-order valence-corrected chi connectivity index (χ2v) is 13.6.